The molecule has 0 aromatic carbocycles. The minimum absolute atomic E-state index is 3.70. The van der Waals surface area contributed by atoms with Crippen molar-refractivity contribution in [1.29, 1.82) is 0 Å². The van der Waals surface area contributed by atoms with E-state index in [2.05, 4.69) is 34.8 Å². The zero-order valence-corrected chi connectivity index (χ0v) is 14.0. The van der Waals surface area contributed by atoms with Crippen molar-refractivity contribution in [3.63, 3.8) is 0 Å². The summed E-state index contributed by atoms with van der Waals surface area (Å²) in [4.78, 5) is 10.1. The van der Waals surface area contributed by atoms with Gasteiger partial charge in [-0.3, -0.25) is 4.79 Å². The minimum atomic E-state index is -8.08. The third kappa shape index (κ3) is 3.26. The maximum atomic E-state index is 13.5. The summed E-state index contributed by atoms with van der Waals surface area (Å²) < 4.78 is 187. The highest BCUT2D eigenvalue weighted by atomic mass is 35.5. The molecule has 0 fully saturated rings. The molecule has 0 saturated carbocycles. The van der Waals surface area contributed by atoms with E-state index in [9.17, 15) is 70.7 Å². The Kier molecular flexibility index (Phi) is 6.63. The fourth-order valence-electron chi connectivity index (χ4n) is 1.29. The van der Waals surface area contributed by atoms with Gasteiger partial charge in [-0.1, -0.05) is 23.2 Å². The van der Waals surface area contributed by atoms with Crippen LogP contribution in [0, 0.1) is 0 Å². The molecule has 0 aromatic heterocycles. The fraction of sp³-hybridized carbons (Fsp3) is 0.889. The van der Waals surface area contributed by atoms with Gasteiger partial charge in [-0.25, -0.2) is 0 Å². The van der Waals surface area contributed by atoms with E-state index in [0.29, 0.717) is 0 Å². The quantitative estimate of drug-likeness (QED) is 0.221. The zero-order valence-electron chi connectivity index (χ0n) is 11.7. The van der Waals surface area contributed by atoms with Gasteiger partial charge in [0.15, 0.2) is 0 Å². The minimum Gasteiger partial charge on any atom is -0.274 e. The normalized spacial score (nSPS) is 16.4. The lowest BCUT2D eigenvalue weighted by Gasteiger charge is -2.44. The second kappa shape index (κ2) is 6.75. The molecule has 0 bridgehead atoms. The molecule has 0 spiro atoms. The van der Waals surface area contributed by atoms with E-state index in [1.54, 1.807) is 0 Å². The molecule has 0 aliphatic carbocycles. The van der Waals surface area contributed by atoms with Crippen molar-refractivity contribution in [3.8, 4) is 0 Å². The van der Waals surface area contributed by atoms with Crippen molar-refractivity contribution in [1.82, 2.24) is 0 Å². The molecule has 0 radical (unpaired) electrons. The lowest BCUT2D eigenvalue weighted by Crippen LogP contribution is -2.74. The van der Waals surface area contributed by atoms with Gasteiger partial charge in [-0.05, 0) is 11.6 Å². The highest BCUT2D eigenvalue weighted by Gasteiger charge is 2.93. The van der Waals surface area contributed by atoms with E-state index >= 15 is 0 Å². The van der Waals surface area contributed by atoms with Crippen molar-refractivity contribution in [3.05, 3.63) is 0 Å². The van der Waals surface area contributed by atoms with Gasteiger partial charge in [0.1, 0.15) is 0 Å². The van der Waals surface area contributed by atoms with E-state index < -0.39 is 51.3 Å². The molecule has 1 nitrogen and oxygen atoms in total. The van der Waals surface area contributed by atoms with Gasteiger partial charge >= 0.3 is 41.7 Å². The second-order valence-electron chi connectivity index (χ2n) is 4.79. The lowest BCUT2D eigenvalue weighted by molar-refractivity contribution is -0.409. The molecule has 28 heavy (non-hydrogen) atoms. The van der Waals surface area contributed by atoms with Gasteiger partial charge in [0.05, 0.1) is 0 Å². The van der Waals surface area contributed by atoms with Crippen LogP contribution in [0.2, 0.25) is 0 Å². The van der Waals surface area contributed by atoms with Crippen LogP contribution in [-0.2, 0) is 4.79 Å². The Bertz CT molecular complexity index is 623. The summed E-state index contributed by atoms with van der Waals surface area (Å²) in [6.45, 7) is 0. The Morgan fingerprint density at radius 2 is 0.786 bits per heavy atom. The summed E-state index contributed by atoms with van der Waals surface area (Å²) in [5, 5.41) is -3.70. The van der Waals surface area contributed by atoms with Crippen LogP contribution in [0.5, 0.6) is 0 Å². The topological polar surface area (TPSA) is 17.1 Å². The Hall–Kier alpha value is -0.510. The summed E-state index contributed by atoms with van der Waals surface area (Å²) >= 11 is 11.6. The zero-order chi connectivity index (χ0) is 23.6. The molecule has 19 heteroatoms. The number of rotatable bonds is 7. The first kappa shape index (κ1) is 27.5. The predicted molar refractivity (Wildman–Crippen MR) is 61.0 cm³/mol. The van der Waals surface area contributed by atoms with Crippen LogP contribution in [0.15, 0.2) is 0 Å². The number of carbonyl (C=O) groups excluding carboxylic acids is 1. The summed E-state index contributed by atoms with van der Waals surface area (Å²) in [6.07, 6.45) is -7.60. The third-order valence-electron chi connectivity index (χ3n) is 2.97. The molecule has 0 atom stereocenters. The van der Waals surface area contributed by atoms with Crippen LogP contribution < -0.4 is 0 Å². The highest BCUT2D eigenvalue weighted by Crippen LogP contribution is 2.65. The number of carbonyl (C=O) groups is 1. The molecule has 0 unspecified atom stereocenters. The number of halogens is 18. The molecule has 0 aromatic rings. The molecule has 168 valence electrons. The van der Waals surface area contributed by atoms with Crippen molar-refractivity contribution in [2.24, 2.45) is 0 Å². The van der Waals surface area contributed by atoms with Crippen LogP contribution >= 0.6 is 34.8 Å². The number of hydrogen-bond acceptors (Lipinski definition) is 1. The third-order valence-corrected chi connectivity index (χ3v) is 4.16. The first-order valence-corrected chi connectivity index (χ1v) is 6.74. The van der Waals surface area contributed by atoms with E-state index in [-0.39, 0.29) is 0 Å². The monoisotopic (exact) mass is 514 g/mol. The summed E-state index contributed by atoms with van der Waals surface area (Å²) in [5.74, 6) is -46.0. The average molecular weight is 515 g/mol. The first-order valence-electron chi connectivity index (χ1n) is 5.61. The van der Waals surface area contributed by atoms with Crippen molar-refractivity contribution < 1.29 is 70.7 Å². The molecular formula is C9Cl3F15O. The van der Waals surface area contributed by atoms with Crippen LogP contribution in [0.3, 0.4) is 0 Å². The summed E-state index contributed by atoms with van der Waals surface area (Å²) in [6, 6.07) is 0. The maximum absolute atomic E-state index is 13.5. The van der Waals surface area contributed by atoms with E-state index in [1.165, 1.54) is 0 Å². The molecule has 0 rings (SSSR count). The van der Waals surface area contributed by atoms with E-state index in [0.717, 1.165) is 0 Å². The predicted octanol–water partition coefficient (Wildman–Crippen LogP) is 6.30. The summed E-state index contributed by atoms with van der Waals surface area (Å²) in [5.41, 5.74) is 0. The Morgan fingerprint density at radius 1 is 0.500 bits per heavy atom. The summed E-state index contributed by atoms with van der Waals surface area (Å²) in [7, 11) is 0. The van der Waals surface area contributed by atoms with Gasteiger partial charge in [-0.2, -0.15) is 65.9 Å². The number of hydrogen-bond donors (Lipinski definition) is 0. The maximum Gasteiger partial charge on any atom is 0.460 e. The molecule has 0 aliphatic heterocycles. The molecule has 0 aliphatic rings. The van der Waals surface area contributed by atoms with Crippen LogP contribution in [0.4, 0.5) is 65.9 Å². The first-order chi connectivity index (χ1) is 11.7. The lowest BCUT2D eigenvalue weighted by atomic mass is 9.92. The SMILES string of the molecule is O=C(Cl)C(F)(F)C(F)(F)C(F)(F)C(Cl)(Cl)C(F)(F)C(F)(F)C(F)(F)C(F)(F)F. The van der Waals surface area contributed by atoms with Crippen molar-refractivity contribution in [2.75, 3.05) is 0 Å². The van der Waals surface area contributed by atoms with Gasteiger partial charge in [0, 0.05) is 0 Å². The Labute approximate surface area is 157 Å². The second-order valence-corrected chi connectivity index (χ2v) is 6.46. The van der Waals surface area contributed by atoms with Crippen molar-refractivity contribution in [2.45, 2.75) is 46.0 Å². The molecule has 0 saturated heterocycles. The smallest absolute Gasteiger partial charge is 0.274 e. The standard InChI is InChI=1S/C9Cl3F15O/c10-1(28)2(13,14)4(15,16)5(17,18)3(11,12)6(19,20)7(21,22)8(23,24)9(25,26)27. The number of alkyl halides is 17. The van der Waals surface area contributed by atoms with E-state index in [4.69, 9.17) is 0 Å². The molecule has 0 heterocycles. The molecule has 0 N–H and O–H groups in total. The Balaban J connectivity index is 6.76. The molecular weight excluding hydrogens is 515 g/mol. The molecule has 0 amide bonds. The van der Waals surface area contributed by atoms with Gasteiger partial charge < -0.3 is 0 Å². The highest BCUT2D eigenvalue weighted by molar-refractivity contribution is 6.65. The Morgan fingerprint density at radius 3 is 1.04 bits per heavy atom. The van der Waals surface area contributed by atoms with Crippen molar-refractivity contribution >= 4 is 40.0 Å². The van der Waals surface area contributed by atoms with Gasteiger partial charge in [0.25, 0.3) is 9.58 Å². The average Bonchev–Trinajstić information content (AvgIpc) is 2.44. The van der Waals surface area contributed by atoms with Gasteiger partial charge in [-0.15, -0.1) is 0 Å². The van der Waals surface area contributed by atoms with E-state index in [1.807, 2.05) is 0 Å². The van der Waals surface area contributed by atoms with Gasteiger partial charge in [0.2, 0.25) is 0 Å². The largest absolute Gasteiger partial charge is 0.460 e. The van der Waals surface area contributed by atoms with Crippen LogP contribution in [0.25, 0.3) is 0 Å². The van der Waals surface area contributed by atoms with Crippen LogP contribution in [-0.4, -0.2) is 51.3 Å². The fourth-order valence-corrected chi connectivity index (χ4v) is 1.88. The van der Waals surface area contributed by atoms with Crippen LogP contribution in [0.1, 0.15) is 0 Å².